The van der Waals surface area contributed by atoms with Gasteiger partial charge in [-0.15, -0.1) is 0 Å². The summed E-state index contributed by atoms with van der Waals surface area (Å²) in [5.41, 5.74) is 8.40. The lowest BCUT2D eigenvalue weighted by Gasteiger charge is -2.37. The molecular weight excluding hydrogens is 423 g/mol. The maximum Gasteiger partial charge on any atom is 0.227 e. The van der Waals surface area contributed by atoms with Crippen LogP contribution in [0.15, 0.2) is 24.3 Å². The van der Waals surface area contributed by atoms with Gasteiger partial charge in [-0.25, -0.2) is 9.37 Å². The quantitative estimate of drug-likeness (QED) is 0.594. The Morgan fingerprint density at radius 2 is 1.64 bits per heavy atom. The predicted octanol–water partition coefficient (Wildman–Crippen LogP) is 0.472. The molecule has 3 aliphatic heterocycles. The maximum atomic E-state index is 15.6. The molecule has 4 N–H and O–H groups in total. The highest BCUT2D eigenvalue weighted by Crippen LogP contribution is 2.29. The Kier molecular flexibility index (Phi) is 6.86. The molecule has 4 heterocycles. The average Bonchev–Trinajstić information content (AvgIpc) is 2.90. The molecule has 0 saturated carbocycles. The van der Waals surface area contributed by atoms with Gasteiger partial charge in [-0.3, -0.25) is 0 Å². The molecule has 9 nitrogen and oxygen atoms in total. The molecule has 1 unspecified atom stereocenters. The van der Waals surface area contributed by atoms with E-state index in [4.69, 9.17) is 20.4 Å². The standard InChI is InChI=1S/C23H33FN8O/c24-20-21(19-16-27-7-14-33-19)28-23(29-22(20)31-8-5-26-6-9-31)32-12-10-30(11-13-32)18-3-1-17(15-25)2-4-18/h1-4,19,26-27H,5-16,25H2. The fourth-order valence-corrected chi connectivity index (χ4v) is 4.63. The number of benzene rings is 1. The van der Waals surface area contributed by atoms with E-state index in [1.807, 2.05) is 4.90 Å². The molecule has 5 rings (SSSR count). The summed E-state index contributed by atoms with van der Waals surface area (Å²) in [6, 6.07) is 8.41. The summed E-state index contributed by atoms with van der Waals surface area (Å²) in [6.07, 6.45) is -0.399. The summed E-state index contributed by atoms with van der Waals surface area (Å²) in [7, 11) is 0. The molecule has 178 valence electrons. The van der Waals surface area contributed by atoms with E-state index in [1.54, 1.807) is 0 Å². The highest BCUT2D eigenvalue weighted by molar-refractivity contribution is 5.52. The van der Waals surface area contributed by atoms with Crippen molar-refractivity contribution in [2.45, 2.75) is 12.6 Å². The Labute approximate surface area is 194 Å². The molecule has 0 radical (unpaired) electrons. The second kappa shape index (κ2) is 10.2. The van der Waals surface area contributed by atoms with Gasteiger partial charge in [0.25, 0.3) is 0 Å². The largest absolute Gasteiger partial charge is 0.369 e. The van der Waals surface area contributed by atoms with Crippen LogP contribution in [0.4, 0.5) is 21.8 Å². The van der Waals surface area contributed by atoms with Crippen LogP contribution >= 0.6 is 0 Å². The summed E-state index contributed by atoms with van der Waals surface area (Å²) in [5, 5.41) is 6.61. The van der Waals surface area contributed by atoms with Gasteiger partial charge in [0.2, 0.25) is 5.95 Å². The Balaban J connectivity index is 1.37. The van der Waals surface area contributed by atoms with Crippen molar-refractivity contribution >= 4 is 17.5 Å². The molecule has 3 saturated heterocycles. The van der Waals surface area contributed by atoms with Crippen molar-refractivity contribution in [1.29, 1.82) is 0 Å². The molecule has 0 bridgehead atoms. The average molecular weight is 457 g/mol. The van der Waals surface area contributed by atoms with E-state index in [0.29, 0.717) is 37.2 Å². The molecule has 3 aliphatic rings. The lowest BCUT2D eigenvalue weighted by atomic mass is 10.1. The van der Waals surface area contributed by atoms with Crippen LogP contribution in [0.2, 0.25) is 0 Å². The topological polar surface area (TPSA) is 94.8 Å². The summed E-state index contributed by atoms with van der Waals surface area (Å²) in [5.74, 6) is 0.630. The lowest BCUT2D eigenvalue weighted by Crippen LogP contribution is -2.48. The number of nitrogens with two attached hydrogens (primary N) is 1. The highest BCUT2D eigenvalue weighted by Gasteiger charge is 2.30. The number of rotatable bonds is 5. The molecule has 3 fully saturated rings. The van der Waals surface area contributed by atoms with E-state index in [0.717, 1.165) is 64.5 Å². The van der Waals surface area contributed by atoms with E-state index >= 15 is 4.39 Å². The monoisotopic (exact) mass is 456 g/mol. The van der Waals surface area contributed by atoms with Gasteiger partial charge < -0.3 is 35.8 Å². The number of piperazine rings is 2. The fraction of sp³-hybridized carbons (Fsp3) is 0.565. The van der Waals surface area contributed by atoms with Gasteiger partial charge in [-0.05, 0) is 17.7 Å². The molecule has 1 aromatic heterocycles. The number of nitrogens with one attached hydrogen (secondary N) is 2. The van der Waals surface area contributed by atoms with Crippen LogP contribution in [-0.4, -0.2) is 82.0 Å². The molecule has 33 heavy (non-hydrogen) atoms. The van der Waals surface area contributed by atoms with E-state index < -0.39 is 6.10 Å². The van der Waals surface area contributed by atoms with Crippen LogP contribution in [0.3, 0.4) is 0 Å². The molecule has 2 aromatic rings. The number of halogens is 1. The Hall–Kier alpha value is -2.53. The van der Waals surface area contributed by atoms with Gasteiger partial charge in [0, 0.05) is 77.7 Å². The molecule has 0 aliphatic carbocycles. The Morgan fingerprint density at radius 3 is 2.30 bits per heavy atom. The first-order valence-corrected chi connectivity index (χ1v) is 11.9. The fourth-order valence-electron chi connectivity index (χ4n) is 4.63. The third kappa shape index (κ3) is 4.89. The third-order valence-corrected chi connectivity index (χ3v) is 6.60. The Morgan fingerprint density at radius 1 is 0.909 bits per heavy atom. The zero-order chi connectivity index (χ0) is 22.6. The van der Waals surface area contributed by atoms with E-state index in [1.165, 1.54) is 5.69 Å². The summed E-state index contributed by atoms with van der Waals surface area (Å²) >= 11 is 0. The minimum Gasteiger partial charge on any atom is -0.369 e. The third-order valence-electron chi connectivity index (χ3n) is 6.60. The van der Waals surface area contributed by atoms with Gasteiger partial charge in [0.1, 0.15) is 11.8 Å². The first kappa shape index (κ1) is 22.3. The number of anilines is 3. The van der Waals surface area contributed by atoms with E-state index in [2.05, 4.69) is 44.7 Å². The van der Waals surface area contributed by atoms with Crippen molar-refractivity contribution in [2.75, 3.05) is 86.8 Å². The van der Waals surface area contributed by atoms with Gasteiger partial charge in [-0.2, -0.15) is 4.98 Å². The SMILES string of the molecule is NCc1ccc(N2CCN(c3nc(C4CNCCO4)c(F)c(N4CCNCC4)n3)CC2)cc1. The lowest BCUT2D eigenvalue weighted by molar-refractivity contribution is 0.0226. The number of aromatic nitrogens is 2. The van der Waals surface area contributed by atoms with Gasteiger partial charge in [0.15, 0.2) is 11.6 Å². The minimum atomic E-state index is -0.399. The number of nitrogens with zero attached hydrogens (tertiary/aromatic N) is 5. The predicted molar refractivity (Wildman–Crippen MR) is 127 cm³/mol. The van der Waals surface area contributed by atoms with E-state index in [-0.39, 0.29) is 5.82 Å². The van der Waals surface area contributed by atoms with Crippen molar-refractivity contribution in [3.8, 4) is 0 Å². The smallest absolute Gasteiger partial charge is 0.227 e. The Bertz CT molecular complexity index is 884. The van der Waals surface area contributed by atoms with Crippen LogP contribution in [-0.2, 0) is 11.3 Å². The summed E-state index contributed by atoms with van der Waals surface area (Å²) in [6.45, 7) is 8.76. The van der Waals surface area contributed by atoms with Gasteiger partial charge in [0.05, 0.1) is 6.61 Å². The van der Waals surface area contributed by atoms with Crippen molar-refractivity contribution < 1.29 is 9.13 Å². The van der Waals surface area contributed by atoms with Crippen molar-refractivity contribution in [2.24, 2.45) is 5.73 Å². The first-order valence-electron chi connectivity index (χ1n) is 11.9. The van der Waals surface area contributed by atoms with Crippen molar-refractivity contribution in [3.63, 3.8) is 0 Å². The zero-order valence-corrected chi connectivity index (χ0v) is 19.0. The van der Waals surface area contributed by atoms with Crippen LogP contribution < -0.4 is 31.1 Å². The van der Waals surface area contributed by atoms with E-state index in [9.17, 15) is 0 Å². The zero-order valence-electron chi connectivity index (χ0n) is 19.0. The molecule has 1 atom stereocenters. The minimum absolute atomic E-state index is 0.354. The van der Waals surface area contributed by atoms with Crippen LogP contribution in [0.5, 0.6) is 0 Å². The van der Waals surface area contributed by atoms with Crippen LogP contribution in [0.1, 0.15) is 17.4 Å². The van der Waals surface area contributed by atoms with Gasteiger partial charge in [-0.1, -0.05) is 12.1 Å². The normalized spacial score (nSPS) is 22.0. The molecule has 0 amide bonds. The highest BCUT2D eigenvalue weighted by atomic mass is 19.1. The number of hydrogen-bond acceptors (Lipinski definition) is 9. The number of morpholine rings is 1. The van der Waals surface area contributed by atoms with Crippen molar-refractivity contribution in [1.82, 2.24) is 20.6 Å². The molecule has 0 spiro atoms. The summed E-state index contributed by atoms with van der Waals surface area (Å²) in [4.78, 5) is 16.0. The van der Waals surface area contributed by atoms with Crippen LogP contribution in [0, 0.1) is 5.82 Å². The number of ether oxygens (including phenoxy) is 1. The van der Waals surface area contributed by atoms with Crippen molar-refractivity contribution in [3.05, 3.63) is 41.3 Å². The van der Waals surface area contributed by atoms with Crippen LogP contribution in [0.25, 0.3) is 0 Å². The molecule has 1 aromatic carbocycles. The second-order valence-electron chi connectivity index (χ2n) is 8.69. The summed E-state index contributed by atoms with van der Waals surface area (Å²) < 4.78 is 21.5. The second-order valence-corrected chi connectivity index (χ2v) is 8.69. The van der Waals surface area contributed by atoms with Gasteiger partial charge >= 0.3 is 0 Å². The molecular formula is C23H33FN8O. The maximum absolute atomic E-state index is 15.6. The first-order chi connectivity index (χ1) is 16.2. The number of hydrogen-bond donors (Lipinski definition) is 3. The molecule has 10 heteroatoms.